The van der Waals surface area contributed by atoms with Gasteiger partial charge in [0.2, 0.25) is 40.1 Å². The number of sulfonamides is 4. The minimum absolute atomic E-state index is 0.0264. The zero-order valence-electron chi connectivity index (χ0n) is 74.1. The molecule has 2 unspecified atom stereocenters. The van der Waals surface area contributed by atoms with Gasteiger partial charge in [-0.25, -0.2) is 38.5 Å². The first kappa shape index (κ1) is 97.5. The lowest BCUT2D eigenvalue weighted by molar-refractivity contribution is -0.153. The van der Waals surface area contributed by atoms with Gasteiger partial charge in [0.15, 0.2) is 6.10 Å². The highest BCUT2D eigenvalue weighted by Crippen LogP contribution is 2.41. The molecule has 0 aromatic heterocycles. The molecule has 1 aliphatic carbocycles. The standard InChI is InChI=1S/C25H33N3O7S.C25H33N3O5S.C24H31N3O5S.C21H26N2O3S/c1-2-16-3-6-23(21(29)11-16)36(34,35)28-13-17-4-5-20(12-18(17)14-28)26-19-7-9-27(10-8-19)15-22(30)24(31)25(32)33;1-18-5-8-24(23(29)14-18)34(32,33)28-16-19-6-7-22(15-20(19)17-28)26-21-9-12-27(13-10-21)11-3-2-4-25(30)31;1-17-4-7-23(22(28)13-17)33(31,32)27-15-18-5-6-21(14-19(18)16-27)25-20-8-11-26(12-9-20)10-2-3-24(29)30;1-15-7-10-21(20(24)11-15)27(25,26)23-13-16-8-9-19(12-17(16)14-23)22-18-5-3-2-4-6-18/h3-6,11-12,19,22,24,26,29-31H,2,7-10,13-15H2,1H3,(H,32,33);5-8,14-15,21,26,29H,2-4,9-13,16-17H2,1H3,(H,30,31);4-7,13-14,20,25,28H,2-3,8-12,15-16H2,1H3,(H,29,30);7-12,18,22,24H,2-6,13-14H2,1H3. The van der Waals surface area contributed by atoms with Gasteiger partial charge < -0.3 is 81.9 Å². The van der Waals surface area contributed by atoms with Crippen LogP contribution >= 0.6 is 0 Å². The fourth-order valence-electron chi connectivity index (χ4n) is 18.2. The molecule has 8 aliphatic rings. The van der Waals surface area contributed by atoms with E-state index in [9.17, 15) is 78.7 Å². The number of hydrogen-bond acceptors (Lipinski definition) is 24. The lowest BCUT2D eigenvalue weighted by Crippen LogP contribution is -2.47. The smallest absolute Gasteiger partial charge is 0.335 e. The molecule has 2 atom stereocenters. The molecule has 8 aromatic rings. The second-order valence-corrected chi connectivity index (χ2v) is 43.1. The van der Waals surface area contributed by atoms with Crippen LogP contribution in [-0.2, 0) is 113 Å². The average Bonchev–Trinajstić information content (AvgIpc) is 1.52. The second-order valence-electron chi connectivity index (χ2n) is 35.5. The molecule has 13 N–H and O–H groups in total. The maximum Gasteiger partial charge on any atom is 0.335 e. The van der Waals surface area contributed by atoms with Crippen molar-refractivity contribution in [2.45, 2.75) is 245 Å². The van der Waals surface area contributed by atoms with Crippen molar-refractivity contribution in [2.75, 3.05) is 80.2 Å². The van der Waals surface area contributed by atoms with Crippen molar-refractivity contribution in [2.24, 2.45) is 0 Å². The molecule has 702 valence electrons. The topological polar surface area (TPSA) is 441 Å². The highest BCUT2D eigenvalue weighted by molar-refractivity contribution is 7.90. The van der Waals surface area contributed by atoms with E-state index in [1.807, 2.05) is 92.4 Å². The molecule has 31 nitrogen and oxygen atoms in total. The summed E-state index contributed by atoms with van der Waals surface area (Å²) in [6, 6.07) is 44.0. The van der Waals surface area contributed by atoms with Crippen molar-refractivity contribution < 1.29 is 94.0 Å². The third kappa shape index (κ3) is 24.8. The fraction of sp³-hybridized carbons (Fsp3) is 0.463. The van der Waals surface area contributed by atoms with E-state index >= 15 is 0 Å². The molecule has 0 bridgehead atoms. The third-order valence-corrected chi connectivity index (χ3v) is 33.1. The summed E-state index contributed by atoms with van der Waals surface area (Å²) in [6.45, 7) is 16.7. The van der Waals surface area contributed by atoms with E-state index in [1.165, 1.54) is 97.9 Å². The van der Waals surface area contributed by atoms with E-state index in [0.29, 0.717) is 70.2 Å². The van der Waals surface area contributed by atoms with Crippen molar-refractivity contribution in [1.29, 1.82) is 0 Å². The number of aliphatic hydroxyl groups excluding tert-OH is 2. The molecule has 0 amide bonds. The monoisotopic (exact) mass is 1870 g/mol. The van der Waals surface area contributed by atoms with Crippen LogP contribution in [0.25, 0.3) is 0 Å². The summed E-state index contributed by atoms with van der Waals surface area (Å²) >= 11 is 0. The van der Waals surface area contributed by atoms with Gasteiger partial charge in [-0.2, -0.15) is 17.2 Å². The highest BCUT2D eigenvalue weighted by atomic mass is 32.2. The van der Waals surface area contributed by atoms with Crippen LogP contribution in [0.1, 0.15) is 176 Å². The Bertz CT molecular complexity index is 5840. The molecule has 16 rings (SSSR count). The van der Waals surface area contributed by atoms with Crippen molar-refractivity contribution in [3.05, 3.63) is 212 Å². The van der Waals surface area contributed by atoms with Crippen LogP contribution in [0.3, 0.4) is 0 Å². The Balaban J connectivity index is 0.000000148. The number of nitrogens with one attached hydrogen (secondary N) is 4. The number of rotatable bonds is 30. The first-order chi connectivity index (χ1) is 61.9. The van der Waals surface area contributed by atoms with Gasteiger partial charge in [0.05, 0.1) is 0 Å². The van der Waals surface area contributed by atoms with Crippen molar-refractivity contribution >= 4 is 80.8 Å². The van der Waals surface area contributed by atoms with Crippen LogP contribution in [-0.4, -0.2) is 225 Å². The van der Waals surface area contributed by atoms with Crippen LogP contribution in [0.4, 0.5) is 22.7 Å². The number of unbranched alkanes of at least 4 members (excludes halogenated alkanes) is 1. The summed E-state index contributed by atoms with van der Waals surface area (Å²) in [5.41, 5.74) is 15.1. The zero-order chi connectivity index (χ0) is 92.9. The SMILES string of the molecule is CCc1ccc(S(=O)(=O)N2Cc3ccc(NC4CCN(CC(O)C(O)C(=O)O)CC4)cc3C2)c(O)c1.Cc1ccc(S(=O)(=O)N2Cc3ccc(NC4CCCCC4)cc3C2)c(O)c1.Cc1ccc(S(=O)(=O)N2Cc3ccc(NC4CCN(CCCC(=O)O)CC4)cc3C2)c(O)c1.Cc1ccc(S(=O)(=O)N2Cc3ccc(NC4CCN(CCCCC(=O)O)CC4)cc3C2)c(O)c1. The number of aliphatic carboxylic acids is 3. The van der Waals surface area contributed by atoms with E-state index in [1.54, 1.807) is 31.2 Å². The Morgan fingerprint density at radius 2 is 0.646 bits per heavy atom. The molecule has 0 spiro atoms. The van der Waals surface area contributed by atoms with Gasteiger partial charge in [-0.3, -0.25) is 9.59 Å². The lowest BCUT2D eigenvalue weighted by atomic mass is 9.95. The Labute approximate surface area is 762 Å². The molecule has 35 heteroatoms. The largest absolute Gasteiger partial charge is 0.507 e. The van der Waals surface area contributed by atoms with Gasteiger partial charge in [0.1, 0.15) is 48.7 Å². The number of aryl methyl sites for hydroxylation is 4. The number of carbonyl (C=O) groups is 3. The van der Waals surface area contributed by atoms with Crippen LogP contribution < -0.4 is 21.3 Å². The number of anilines is 4. The van der Waals surface area contributed by atoms with Gasteiger partial charge >= 0.3 is 17.9 Å². The summed E-state index contributed by atoms with van der Waals surface area (Å²) in [5.74, 6) is -3.77. The number of carboxylic acids is 3. The number of β-amino-alcohol motifs (C(OH)–C–C–N with tert-alkyl or cyclic N) is 1. The highest BCUT2D eigenvalue weighted by Gasteiger charge is 2.39. The molecule has 130 heavy (non-hydrogen) atoms. The molecule has 4 fully saturated rings. The molecule has 0 radical (unpaired) electrons. The van der Waals surface area contributed by atoms with Crippen LogP contribution in [0.2, 0.25) is 0 Å². The number of nitrogens with zero attached hydrogens (tertiary/aromatic N) is 7. The van der Waals surface area contributed by atoms with E-state index in [0.717, 1.165) is 180 Å². The first-order valence-electron chi connectivity index (χ1n) is 44.9. The van der Waals surface area contributed by atoms with Gasteiger partial charge in [-0.05, 0) is 275 Å². The number of aromatic hydroxyl groups is 4. The predicted molar refractivity (Wildman–Crippen MR) is 495 cm³/mol. The molecular formula is C95H123N11O20S4. The number of phenolic OH excluding ortho intramolecular Hbond substituents is 4. The van der Waals surface area contributed by atoms with E-state index in [4.69, 9.17) is 15.3 Å². The molecule has 8 aromatic carbocycles. The van der Waals surface area contributed by atoms with Crippen LogP contribution in [0.5, 0.6) is 23.0 Å². The van der Waals surface area contributed by atoms with Gasteiger partial charge in [-0.1, -0.05) is 74.7 Å². The van der Waals surface area contributed by atoms with E-state index in [-0.39, 0.29) is 94.2 Å². The maximum atomic E-state index is 13.2. The van der Waals surface area contributed by atoms with Crippen LogP contribution in [0, 0.1) is 20.8 Å². The first-order valence-corrected chi connectivity index (χ1v) is 50.7. The normalized spacial score (nSPS) is 18.2. The van der Waals surface area contributed by atoms with Crippen molar-refractivity contribution in [1.82, 2.24) is 31.9 Å². The van der Waals surface area contributed by atoms with Gasteiger partial charge in [-0.15, -0.1) is 0 Å². The fourth-order valence-corrected chi connectivity index (χ4v) is 24.1. The Kier molecular flexibility index (Phi) is 32.4. The Morgan fingerprint density at radius 3 is 0.954 bits per heavy atom. The Hall–Kier alpha value is -9.99. The minimum atomic E-state index is -3.85. The molecule has 7 heterocycles. The summed E-state index contributed by atoms with van der Waals surface area (Å²) in [4.78, 5) is 38.5. The number of fused-ring (bicyclic) bond motifs is 4. The quantitative estimate of drug-likeness (QED) is 0.0186. The zero-order valence-corrected chi connectivity index (χ0v) is 77.4. The molecule has 1 saturated carbocycles. The third-order valence-electron chi connectivity index (χ3n) is 25.7. The number of likely N-dealkylation sites (tertiary alicyclic amines) is 3. The summed E-state index contributed by atoms with van der Waals surface area (Å²) < 4.78 is 110. The number of phenols is 4. The number of benzene rings is 8. The summed E-state index contributed by atoms with van der Waals surface area (Å²) in [5, 5.41) is 101. The Morgan fingerprint density at radius 1 is 0.354 bits per heavy atom. The molecule has 7 aliphatic heterocycles. The summed E-state index contributed by atoms with van der Waals surface area (Å²) in [6.07, 6.45) is 12.1. The van der Waals surface area contributed by atoms with Gasteiger partial charge in [0.25, 0.3) is 0 Å². The predicted octanol–water partition coefficient (Wildman–Crippen LogP) is 12.2. The number of piperidine rings is 3. The summed E-state index contributed by atoms with van der Waals surface area (Å²) in [7, 11) is -15.2. The van der Waals surface area contributed by atoms with E-state index < -0.39 is 70.2 Å². The minimum Gasteiger partial charge on any atom is -0.507 e. The number of hydrogen-bond donors (Lipinski definition) is 13. The van der Waals surface area contributed by atoms with Crippen molar-refractivity contribution in [3.63, 3.8) is 0 Å². The number of aliphatic hydroxyl groups is 2. The molecular weight excluding hydrogens is 1740 g/mol. The van der Waals surface area contributed by atoms with Gasteiger partial charge in [0, 0.05) is 158 Å². The lowest BCUT2D eigenvalue weighted by Gasteiger charge is -2.34. The van der Waals surface area contributed by atoms with Crippen molar-refractivity contribution in [3.8, 4) is 23.0 Å². The average molecular weight is 1870 g/mol. The number of carboxylic acid groups (broad SMARTS) is 3. The second kappa shape index (κ2) is 43.1. The molecule has 3 saturated heterocycles. The van der Waals surface area contributed by atoms with E-state index in [2.05, 4.69) is 37.1 Å². The maximum absolute atomic E-state index is 13.2. The van der Waals surface area contributed by atoms with Crippen LogP contribution in [0.15, 0.2) is 165 Å².